The van der Waals surface area contributed by atoms with Gasteiger partial charge in [0.2, 0.25) is 0 Å². The van der Waals surface area contributed by atoms with Crippen molar-refractivity contribution in [2.24, 2.45) is 0 Å². The van der Waals surface area contributed by atoms with E-state index in [4.69, 9.17) is 20.2 Å². The molecule has 0 spiro atoms. The molecular weight excluding hydrogens is 347 g/mol. The molecule has 0 unspecified atom stereocenters. The van der Waals surface area contributed by atoms with Gasteiger partial charge >= 0.3 is 15.7 Å². The zero-order valence-corrected chi connectivity index (χ0v) is 12.9. The third-order valence-corrected chi connectivity index (χ3v) is 4.48. The largest absolute Gasteiger partial charge is 0.423 e. The molecule has 118 valence electrons. The molecule has 23 heavy (non-hydrogen) atoms. The molecule has 3 aromatic rings. The fraction of sp³-hybridized carbons (Fsp3) is 0. The highest BCUT2D eigenvalue weighted by atomic mass is 35.5. The van der Waals surface area contributed by atoms with Crippen molar-refractivity contribution >= 4 is 32.7 Å². The quantitative estimate of drug-likeness (QED) is 0.532. The summed E-state index contributed by atoms with van der Waals surface area (Å²) in [7, 11) is -4.39. The minimum atomic E-state index is -4.39. The van der Waals surface area contributed by atoms with E-state index in [1.165, 1.54) is 36.4 Å². The highest BCUT2D eigenvalue weighted by Gasteiger charge is 2.22. The summed E-state index contributed by atoms with van der Waals surface area (Å²) in [6.07, 6.45) is 0. The highest BCUT2D eigenvalue weighted by Crippen LogP contribution is 2.25. The van der Waals surface area contributed by atoms with E-state index in [1.54, 1.807) is 0 Å². The van der Waals surface area contributed by atoms with Crippen LogP contribution in [0, 0.1) is 5.82 Å². The van der Waals surface area contributed by atoms with Gasteiger partial charge in [0.1, 0.15) is 22.0 Å². The number of hydrogen-bond acceptors (Lipinski definition) is 5. The number of halogens is 2. The first-order chi connectivity index (χ1) is 10.8. The molecule has 0 saturated heterocycles. The van der Waals surface area contributed by atoms with Crippen LogP contribution in [-0.2, 0) is 10.1 Å². The van der Waals surface area contributed by atoms with Crippen molar-refractivity contribution in [2.75, 3.05) is 0 Å². The van der Waals surface area contributed by atoms with E-state index >= 15 is 0 Å². The highest BCUT2D eigenvalue weighted by molar-refractivity contribution is 7.87. The van der Waals surface area contributed by atoms with Crippen LogP contribution in [0.5, 0.6) is 5.75 Å². The Labute approximate surface area is 135 Å². The molecule has 0 bridgehead atoms. The Morgan fingerprint density at radius 2 is 1.78 bits per heavy atom. The van der Waals surface area contributed by atoms with E-state index < -0.39 is 26.5 Å². The first kappa shape index (κ1) is 15.5. The summed E-state index contributed by atoms with van der Waals surface area (Å²) >= 11 is 5.59. The fourth-order valence-electron chi connectivity index (χ4n) is 1.94. The molecule has 3 rings (SSSR count). The molecule has 8 heteroatoms. The molecule has 1 aromatic heterocycles. The van der Waals surface area contributed by atoms with Crippen molar-refractivity contribution in [1.82, 2.24) is 0 Å². The van der Waals surface area contributed by atoms with Crippen LogP contribution in [0.25, 0.3) is 11.0 Å². The van der Waals surface area contributed by atoms with Gasteiger partial charge in [0.15, 0.2) is 0 Å². The lowest BCUT2D eigenvalue weighted by atomic mass is 10.2. The van der Waals surface area contributed by atoms with Crippen LogP contribution in [0.2, 0.25) is 5.02 Å². The summed E-state index contributed by atoms with van der Waals surface area (Å²) in [5.74, 6) is -1.13. The Bertz CT molecular complexity index is 1060. The maximum absolute atomic E-state index is 13.8. The molecule has 0 aliphatic carbocycles. The van der Waals surface area contributed by atoms with Gasteiger partial charge in [0.25, 0.3) is 0 Å². The second kappa shape index (κ2) is 5.68. The molecule has 1 heterocycles. The van der Waals surface area contributed by atoms with E-state index in [-0.39, 0.29) is 16.4 Å². The van der Waals surface area contributed by atoms with Crippen molar-refractivity contribution in [2.45, 2.75) is 4.90 Å². The Hall–Kier alpha value is -2.38. The fourth-order valence-corrected chi connectivity index (χ4v) is 3.08. The minimum Gasteiger partial charge on any atom is -0.423 e. The van der Waals surface area contributed by atoms with E-state index in [2.05, 4.69) is 0 Å². The Balaban J connectivity index is 2.01. The van der Waals surface area contributed by atoms with Crippen molar-refractivity contribution in [1.29, 1.82) is 0 Å². The minimum absolute atomic E-state index is 0.0638. The van der Waals surface area contributed by atoms with Crippen LogP contribution < -0.4 is 9.81 Å². The van der Waals surface area contributed by atoms with Crippen LogP contribution >= 0.6 is 11.6 Å². The summed E-state index contributed by atoms with van der Waals surface area (Å²) in [6, 6.07) is 10.0. The zero-order chi connectivity index (χ0) is 16.6. The van der Waals surface area contributed by atoms with Crippen LogP contribution in [0.15, 0.2) is 62.6 Å². The third-order valence-electron chi connectivity index (χ3n) is 2.96. The van der Waals surface area contributed by atoms with Gasteiger partial charge in [-0.3, -0.25) is 0 Å². The van der Waals surface area contributed by atoms with Gasteiger partial charge in [-0.05, 0) is 36.4 Å². The topological polar surface area (TPSA) is 73.6 Å². The van der Waals surface area contributed by atoms with E-state index in [0.717, 1.165) is 12.1 Å². The van der Waals surface area contributed by atoms with Gasteiger partial charge in [0.05, 0.1) is 0 Å². The van der Waals surface area contributed by atoms with Gasteiger partial charge in [-0.2, -0.15) is 8.42 Å². The molecule has 0 saturated carbocycles. The first-order valence-electron chi connectivity index (χ1n) is 6.29. The summed E-state index contributed by atoms with van der Waals surface area (Å²) in [6.45, 7) is 0. The van der Waals surface area contributed by atoms with Crippen molar-refractivity contribution in [3.8, 4) is 5.75 Å². The van der Waals surface area contributed by atoms with Crippen LogP contribution in [-0.4, -0.2) is 8.42 Å². The number of hydrogen-bond donors (Lipinski definition) is 0. The van der Waals surface area contributed by atoms with E-state index in [9.17, 15) is 17.6 Å². The average Bonchev–Trinajstić information content (AvgIpc) is 2.45. The molecule has 0 aliphatic rings. The van der Waals surface area contributed by atoms with Gasteiger partial charge < -0.3 is 8.60 Å². The summed E-state index contributed by atoms with van der Waals surface area (Å²) < 4.78 is 47.9. The first-order valence-corrected chi connectivity index (χ1v) is 8.07. The Morgan fingerprint density at radius 3 is 2.52 bits per heavy atom. The smallest absolute Gasteiger partial charge is 0.342 e. The monoisotopic (exact) mass is 354 g/mol. The van der Waals surface area contributed by atoms with Gasteiger partial charge in [-0.25, -0.2) is 9.18 Å². The normalized spacial score (nSPS) is 11.6. The van der Waals surface area contributed by atoms with Crippen LogP contribution in [0.1, 0.15) is 0 Å². The maximum Gasteiger partial charge on any atom is 0.342 e. The second-order valence-electron chi connectivity index (χ2n) is 4.57. The summed E-state index contributed by atoms with van der Waals surface area (Å²) in [5, 5.41) is 0.654. The lowest BCUT2D eigenvalue weighted by molar-refractivity contribution is 0.476. The van der Waals surface area contributed by atoms with Gasteiger partial charge in [-0.15, -0.1) is 0 Å². The number of rotatable bonds is 3. The number of fused-ring (bicyclic) bond motifs is 1. The van der Waals surface area contributed by atoms with Gasteiger partial charge in [-0.1, -0.05) is 11.6 Å². The maximum atomic E-state index is 13.8. The second-order valence-corrected chi connectivity index (χ2v) is 6.52. The molecule has 5 nitrogen and oxygen atoms in total. The molecule has 0 fully saturated rings. The summed E-state index contributed by atoms with van der Waals surface area (Å²) in [5.41, 5.74) is -0.428. The van der Waals surface area contributed by atoms with Crippen LogP contribution in [0.4, 0.5) is 4.39 Å². The van der Waals surface area contributed by atoms with Crippen LogP contribution in [0.3, 0.4) is 0 Å². The molecule has 2 aromatic carbocycles. The van der Waals surface area contributed by atoms with E-state index in [1.807, 2.05) is 0 Å². The molecule has 0 atom stereocenters. The molecular formula is C15H8ClFO5S. The van der Waals surface area contributed by atoms with Crippen molar-refractivity contribution in [3.05, 3.63) is 69.8 Å². The molecule has 0 radical (unpaired) electrons. The average molecular weight is 355 g/mol. The Morgan fingerprint density at radius 1 is 1.04 bits per heavy atom. The lowest BCUT2D eigenvalue weighted by Crippen LogP contribution is -2.11. The van der Waals surface area contributed by atoms with E-state index in [0.29, 0.717) is 5.39 Å². The SMILES string of the molecule is O=c1ccc2ccc(OS(=O)(=O)c3ccc(Cl)cc3F)cc2o1. The standard InChI is InChI=1S/C15H8ClFO5S/c16-10-3-5-14(12(17)7-10)23(19,20)22-11-4-1-9-2-6-15(18)21-13(9)8-11/h1-8H. The molecule has 0 amide bonds. The van der Waals surface area contributed by atoms with Crippen molar-refractivity contribution in [3.63, 3.8) is 0 Å². The number of benzene rings is 2. The predicted octanol–water partition coefficient (Wildman–Crippen LogP) is 3.35. The third kappa shape index (κ3) is 3.20. The van der Waals surface area contributed by atoms with Gasteiger partial charge in [0, 0.05) is 22.5 Å². The summed E-state index contributed by atoms with van der Waals surface area (Å²) in [4.78, 5) is 10.5. The Kier molecular flexibility index (Phi) is 3.83. The van der Waals surface area contributed by atoms with Crippen molar-refractivity contribution < 1.29 is 21.4 Å². The predicted molar refractivity (Wildman–Crippen MR) is 81.7 cm³/mol. The molecule has 0 N–H and O–H groups in total. The molecule has 0 aliphatic heterocycles. The lowest BCUT2D eigenvalue weighted by Gasteiger charge is -2.08. The zero-order valence-electron chi connectivity index (χ0n) is 11.3.